The lowest BCUT2D eigenvalue weighted by atomic mass is 10.1. The summed E-state index contributed by atoms with van der Waals surface area (Å²) in [6.45, 7) is 1.27. The molecule has 0 atom stereocenters. The van der Waals surface area contributed by atoms with Crippen molar-refractivity contribution >= 4 is 5.91 Å². The minimum absolute atomic E-state index is 0.248. The first-order valence-corrected chi connectivity index (χ1v) is 5.36. The van der Waals surface area contributed by atoms with Gasteiger partial charge in [0.1, 0.15) is 13.2 Å². The van der Waals surface area contributed by atoms with E-state index >= 15 is 0 Å². The number of fused-ring (bicyclic) bond motifs is 1. The zero-order valence-corrected chi connectivity index (χ0v) is 9.23. The molecule has 1 aliphatic heterocycles. The van der Waals surface area contributed by atoms with Crippen LogP contribution in [0.25, 0.3) is 0 Å². The van der Waals surface area contributed by atoms with Gasteiger partial charge in [-0.15, -0.1) is 0 Å². The van der Waals surface area contributed by atoms with Gasteiger partial charge >= 0.3 is 0 Å². The number of hydrogen-bond donors (Lipinski definition) is 1. The van der Waals surface area contributed by atoms with E-state index in [2.05, 4.69) is 5.32 Å². The molecule has 17 heavy (non-hydrogen) atoms. The Morgan fingerprint density at radius 1 is 1.41 bits per heavy atom. The zero-order valence-electron chi connectivity index (χ0n) is 9.23. The second kappa shape index (κ2) is 5.21. The molecule has 88 valence electrons. The zero-order chi connectivity index (χ0) is 12.1. The monoisotopic (exact) mass is 232 g/mol. The number of ether oxygens (including phenoxy) is 2. The third kappa shape index (κ3) is 2.48. The molecule has 1 aliphatic rings. The maximum atomic E-state index is 11.8. The molecule has 5 heteroatoms. The van der Waals surface area contributed by atoms with Crippen LogP contribution >= 0.6 is 0 Å². The number of carbonyl (C=O) groups excluding carboxylic acids is 1. The van der Waals surface area contributed by atoms with E-state index < -0.39 is 0 Å². The summed E-state index contributed by atoms with van der Waals surface area (Å²) in [6.07, 6.45) is 0.290. The molecular formula is C12H12N2O3. The number of nitrogens with one attached hydrogen (secondary N) is 1. The van der Waals surface area contributed by atoms with Crippen LogP contribution in [0.4, 0.5) is 0 Å². The molecule has 1 N–H and O–H groups in total. The molecule has 0 fully saturated rings. The number of nitriles is 1. The molecule has 2 rings (SSSR count). The molecule has 0 aliphatic carbocycles. The Balaban J connectivity index is 2.15. The highest BCUT2D eigenvalue weighted by Crippen LogP contribution is 2.33. The Morgan fingerprint density at radius 3 is 3.06 bits per heavy atom. The average molecular weight is 232 g/mol. The smallest absolute Gasteiger partial charge is 0.255 e. The first-order chi connectivity index (χ1) is 8.33. The SMILES string of the molecule is N#CCCNC(=O)c1cccc2c1OCCO2. The molecule has 0 unspecified atom stereocenters. The second-order valence-electron chi connectivity index (χ2n) is 3.49. The van der Waals surface area contributed by atoms with Gasteiger partial charge in [-0.1, -0.05) is 6.07 Å². The highest BCUT2D eigenvalue weighted by Gasteiger charge is 2.19. The van der Waals surface area contributed by atoms with Gasteiger partial charge in [-0.3, -0.25) is 4.79 Å². The van der Waals surface area contributed by atoms with Gasteiger partial charge in [-0.05, 0) is 12.1 Å². The lowest BCUT2D eigenvalue weighted by Gasteiger charge is -2.20. The Kier molecular flexibility index (Phi) is 3.46. The van der Waals surface area contributed by atoms with Gasteiger partial charge in [0.05, 0.1) is 18.1 Å². The number of rotatable bonds is 3. The van der Waals surface area contributed by atoms with Crippen LogP contribution in [0.5, 0.6) is 11.5 Å². The van der Waals surface area contributed by atoms with Crippen LogP contribution in [0.3, 0.4) is 0 Å². The average Bonchev–Trinajstić information content (AvgIpc) is 2.38. The van der Waals surface area contributed by atoms with Gasteiger partial charge in [0.25, 0.3) is 5.91 Å². The standard InChI is InChI=1S/C12H12N2O3/c13-5-2-6-14-12(15)9-3-1-4-10-11(9)17-8-7-16-10/h1,3-4H,2,6-8H2,(H,14,15). The van der Waals surface area contributed by atoms with Crippen molar-refractivity contribution in [2.24, 2.45) is 0 Å². The van der Waals surface area contributed by atoms with Crippen LogP contribution in [0, 0.1) is 11.3 Å². The number of nitrogens with zero attached hydrogens (tertiary/aromatic N) is 1. The van der Waals surface area contributed by atoms with Gasteiger partial charge in [0.2, 0.25) is 0 Å². The molecule has 0 radical (unpaired) electrons. The maximum Gasteiger partial charge on any atom is 0.255 e. The predicted octanol–water partition coefficient (Wildman–Crippen LogP) is 1.10. The fraction of sp³-hybridized carbons (Fsp3) is 0.333. The summed E-state index contributed by atoms with van der Waals surface area (Å²) in [5.74, 6) is 0.819. The first kappa shape index (κ1) is 11.3. The van der Waals surface area contributed by atoms with Crippen molar-refractivity contribution in [2.45, 2.75) is 6.42 Å². The van der Waals surface area contributed by atoms with Crippen LogP contribution in [0.2, 0.25) is 0 Å². The predicted molar refractivity (Wildman–Crippen MR) is 60.0 cm³/mol. The van der Waals surface area contributed by atoms with E-state index in [1.54, 1.807) is 18.2 Å². The van der Waals surface area contributed by atoms with Crippen molar-refractivity contribution in [3.63, 3.8) is 0 Å². The quantitative estimate of drug-likeness (QED) is 0.792. The Morgan fingerprint density at radius 2 is 2.24 bits per heavy atom. The molecule has 0 aromatic heterocycles. The van der Waals surface area contributed by atoms with Gasteiger partial charge in [-0.2, -0.15) is 5.26 Å². The van der Waals surface area contributed by atoms with Crippen molar-refractivity contribution in [3.05, 3.63) is 23.8 Å². The Hall–Kier alpha value is -2.22. The summed E-state index contributed by atoms with van der Waals surface area (Å²) in [7, 11) is 0. The summed E-state index contributed by atoms with van der Waals surface area (Å²) in [5.41, 5.74) is 0.445. The molecule has 1 aromatic rings. The van der Waals surface area contributed by atoms with Crippen LogP contribution < -0.4 is 14.8 Å². The molecule has 0 bridgehead atoms. The second-order valence-corrected chi connectivity index (χ2v) is 3.49. The minimum Gasteiger partial charge on any atom is -0.486 e. The molecule has 1 amide bonds. The largest absolute Gasteiger partial charge is 0.486 e. The third-order valence-corrected chi connectivity index (χ3v) is 2.33. The van der Waals surface area contributed by atoms with Crippen LogP contribution in [-0.4, -0.2) is 25.7 Å². The fourth-order valence-electron chi connectivity index (χ4n) is 1.58. The van der Waals surface area contributed by atoms with E-state index in [1.165, 1.54) is 0 Å². The molecule has 1 aromatic carbocycles. The van der Waals surface area contributed by atoms with E-state index in [4.69, 9.17) is 14.7 Å². The topological polar surface area (TPSA) is 71.4 Å². The van der Waals surface area contributed by atoms with Gasteiger partial charge in [0.15, 0.2) is 11.5 Å². The van der Waals surface area contributed by atoms with Crippen molar-refractivity contribution < 1.29 is 14.3 Å². The molecule has 0 saturated heterocycles. The molecular weight excluding hydrogens is 220 g/mol. The van der Waals surface area contributed by atoms with E-state index in [0.29, 0.717) is 36.8 Å². The fourth-order valence-corrected chi connectivity index (χ4v) is 1.58. The minimum atomic E-state index is -0.248. The highest BCUT2D eigenvalue weighted by molar-refractivity contribution is 5.97. The van der Waals surface area contributed by atoms with Crippen molar-refractivity contribution in [2.75, 3.05) is 19.8 Å². The highest BCUT2D eigenvalue weighted by atomic mass is 16.6. The first-order valence-electron chi connectivity index (χ1n) is 5.36. The Labute approximate surface area is 98.9 Å². The summed E-state index contributed by atoms with van der Waals surface area (Å²) in [6, 6.07) is 7.15. The van der Waals surface area contributed by atoms with Crippen LogP contribution in [0.15, 0.2) is 18.2 Å². The number of amides is 1. The molecule has 0 saturated carbocycles. The van der Waals surface area contributed by atoms with E-state index in [9.17, 15) is 4.79 Å². The van der Waals surface area contributed by atoms with Gasteiger partial charge in [0, 0.05) is 6.54 Å². The number of para-hydroxylation sites is 1. The summed E-state index contributed by atoms with van der Waals surface area (Å²) < 4.78 is 10.8. The van der Waals surface area contributed by atoms with Crippen molar-refractivity contribution in [1.82, 2.24) is 5.32 Å². The van der Waals surface area contributed by atoms with Crippen LogP contribution in [0.1, 0.15) is 16.8 Å². The van der Waals surface area contributed by atoms with Gasteiger partial charge < -0.3 is 14.8 Å². The third-order valence-electron chi connectivity index (χ3n) is 2.33. The van der Waals surface area contributed by atoms with E-state index in [-0.39, 0.29) is 12.3 Å². The normalized spacial score (nSPS) is 12.6. The van der Waals surface area contributed by atoms with Gasteiger partial charge in [-0.25, -0.2) is 0 Å². The van der Waals surface area contributed by atoms with E-state index in [0.717, 1.165) is 0 Å². The summed E-state index contributed by atoms with van der Waals surface area (Å²) in [5, 5.41) is 11.0. The van der Waals surface area contributed by atoms with Crippen molar-refractivity contribution in [1.29, 1.82) is 5.26 Å². The lowest BCUT2D eigenvalue weighted by Crippen LogP contribution is -2.26. The molecule has 5 nitrogen and oxygen atoms in total. The van der Waals surface area contributed by atoms with Crippen molar-refractivity contribution in [3.8, 4) is 17.6 Å². The lowest BCUT2D eigenvalue weighted by molar-refractivity contribution is 0.0943. The number of hydrogen-bond acceptors (Lipinski definition) is 4. The molecule has 1 heterocycles. The molecule has 0 spiro atoms. The Bertz CT molecular complexity index is 465. The maximum absolute atomic E-state index is 11.8. The van der Waals surface area contributed by atoms with E-state index in [1.807, 2.05) is 6.07 Å². The number of benzene rings is 1. The number of carbonyl (C=O) groups is 1. The van der Waals surface area contributed by atoms with Crippen LogP contribution in [-0.2, 0) is 0 Å². The summed E-state index contributed by atoms with van der Waals surface area (Å²) >= 11 is 0. The summed E-state index contributed by atoms with van der Waals surface area (Å²) in [4.78, 5) is 11.8.